The van der Waals surface area contributed by atoms with Crippen molar-refractivity contribution in [3.63, 3.8) is 0 Å². The summed E-state index contributed by atoms with van der Waals surface area (Å²) in [5.41, 5.74) is 0.885. The highest BCUT2D eigenvalue weighted by atomic mass is 32.2. The fourth-order valence-electron chi connectivity index (χ4n) is 2.28. The Morgan fingerprint density at radius 2 is 2.09 bits per heavy atom. The largest absolute Gasteiger partial charge is 0.490 e. The number of thioether (sulfide) groups is 1. The van der Waals surface area contributed by atoms with Crippen LogP contribution in [-0.4, -0.2) is 29.1 Å². The summed E-state index contributed by atoms with van der Waals surface area (Å²) in [7, 11) is 0. The maximum Gasteiger partial charge on any atom is 0.236 e. The normalized spacial score (nSPS) is 16.7. The van der Waals surface area contributed by atoms with Crippen LogP contribution in [0.1, 0.15) is 19.4 Å². The molecule has 3 rings (SSSR count). The highest BCUT2D eigenvalue weighted by Crippen LogP contribution is 2.27. The standard InChI is InChI=1S/C17H17N3O2S/c1-11(2)22-15-8-7-12-5-3-4-6-13(12)14(15)9-18-20-17-19-16(21)10-23-17/h3-9,11H,10H2,1-2H3,(H,19,20,21). The van der Waals surface area contributed by atoms with Gasteiger partial charge in [-0.15, -0.1) is 5.10 Å². The molecule has 6 heteroatoms. The van der Waals surface area contributed by atoms with Crippen LogP contribution in [0.4, 0.5) is 0 Å². The van der Waals surface area contributed by atoms with Crippen LogP contribution in [0.5, 0.6) is 5.75 Å². The third-order valence-corrected chi connectivity index (χ3v) is 4.08. The molecule has 1 N–H and O–H groups in total. The number of carbonyl (C=O) groups is 1. The first-order valence-corrected chi connectivity index (χ1v) is 8.34. The summed E-state index contributed by atoms with van der Waals surface area (Å²) >= 11 is 1.35. The Hall–Kier alpha value is -2.34. The highest BCUT2D eigenvalue weighted by Gasteiger charge is 2.16. The first-order valence-electron chi connectivity index (χ1n) is 7.35. The lowest BCUT2D eigenvalue weighted by molar-refractivity contribution is -0.116. The number of amides is 1. The van der Waals surface area contributed by atoms with E-state index in [1.807, 2.05) is 50.2 Å². The lowest BCUT2D eigenvalue weighted by Crippen LogP contribution is -2.19. The molecule has 0 atom stereocenters. The molecule has 2 aromatic rings. The molecule has 1 amide bonds. The van der Waals surface area contributed by atoms with Crippen molar-refractivity contribution in [1.82, 2.24) is 5.32 Å². The van der Waals surface area contributed by atoms with Crippen LogP contribution >= 0.6 is 11.8 Å². The fraction of sp³-hybridized carbons (Fsp3) is 0.235. The Morgan fingerprint density at radius 3 is 2.83 bits per heavy atom. The van der Waals surface area contributed by atoms with Crippen molar-refractivity contribution < 1.29 is 9.53 Å². The molecular formula is C17H17N3O2S. The second-order valence-electron chi connectivity index (χ2n) is 5.35. The van der Waals surface area contributed by atoms with E-state index in [1.165, 1.54) is 11.8 Å². The zero-order valence-electron chi connectivity index (χ0n) is 12.9. The van der Waals surface area contributed by atoms with Gasteiger partial charge < -0.3 is 10.1 Å². The average molecular weight is 327 g/mol. The molecular weight excluding hydrogens is 310 g/mol. The van der Waals surface area contributed by atoms with E-state index in [9.17, 15) is 4.79 Å². The van der Waals surface area contributed by atoms with Crippen LogP contribution < -0.4 is 10.1 Å². The van der Waals surface area contributed by atoms with Gasteiger partial charge in [-0.1, -0.05) is 42.1 Å². The predicted octanol–water partition coefficient (Wildman–Crippen LogP) is 3.18. The Morgan fingerprint density at radius 1 is 1.26 bits per heavy atom. The first-order chi connectivity index (χ1) is 11.1. The van der Waals surface area contributed by atoms with Gasteiger partial charge in [0.15, 0.2) is 5.17 Å². The monoisotopic (exact) mass is 327 g/mol. The molecule has 1 fully saturated rings. The van der Waals surface area contributed by atoms with Crippen LogP contribution in [0.15, 0.2) is 46.6 Å². The molecule has 118 valence electrons. The SMILES string of the molecule is CC(C)Oc1ccc2ccccc2c1C=NN=C1NC(=O)CS1. The Kier molecular flexibility index (Phi) is 4.62. The van der Waals surface area contributed by atoms with Gasteiger partial charge in [-0.25, -0.2) is 0 Å². The van der Waals surface area contributed by atoms with Gasteiger partial charge in [0.2, 0.25) is 5.91 Å². The lowest BCUT2D eigenvalue weighted by atomic mass is 10.0. The molecule has 1 aliphatic heterocycles. The molecule has 0 aromatic heterocycles. The minimum absolute atomic E-state index is 0.0436. The molecule has 2 aromatic carbocycles. The number of amidine groups is 1. The van der Waals surface area contributed by atoms with Crippen LogP contribution in [0.3, 0.4) is 0 Å². The Balaban J connectivity index is 1.97. The smallest absolute Gasteiger partial charge is 0.236 e. The number of nitrogens with zero attached hydrogens (tertiary/aromatic N) is 2. The molecule has 1 saturated heterocycles. The van der Waals surface area contributed by atoms with Crippen LogP contribution in [0.25, 0.3) is 10.8 Å². The third kappa shape index (κ3) is 3.71. The number of fused-ring (bicyclic) bond motifs is 1. The number of benzene rings is 2. The van der Waals surface area contributed by atoms with E-state index in [0.717, 1.165) is 22.1 Å². The Bertz CT molecular complexity index is 800. The van der Waals surface area contributed by atoms with E-state index in [1.54, 1.807) is 6.21 Å². The van der Waals surface area contributed by atoms with E-state index in [0.29, 0.717) is 10.9 Å². The Labute approximate surface area is 138 Å². The average Bonchev–Trinajstić information content (AvgIpc) is 2.94. The zero-order valence-corrected chi connectivity index (χ0v) is 13.8. The first kappa shape index (κ1) is 15.6. The highest BCUT2D eigenvalue weighted by molar-refractivity contribution is 8.15. The van der Waals surface area contributed by atoms with Gasteiger partial charge in [-0.3, -0.25) is 4.79 Å². The second kappa shape index (κ2) is 6.83. The van der Waals surface area contributed by atoms with E-state index in [4.69, 9.17) is 4.74 Å². The number of rotatable bonds is 4. The maximum atomic E-state index is 11.2. The van der Waals surface area contributed by atoms with Gasteiger partial charge in [0.1, 0.15) is 5.75 Å². The fourth-order valence-corrected chi connectivity index (χ4v) is 2.91. The minimum Gasteiger partial charge on any atom is -0.490 e. The van der Waals surface area contributed by atoms with Gasteiger partial charge >= 0.3 is 0 Å². The summed E-state index contributed by atoms with van der Waals surface area (Å²) in [5, 5.41) is 13.5. The molecule has 0 spiro atoms. The molecule has 0 saturated carbocycles. The summed E-state index contributed by atoms with van der Waals surface area (Å²) < 4.78 is 5.88. The maximum absolute atomic E-state index is 11.2. The van der Waals surface area contributed by atoms with Crippen LogP contribution in [0.2, 0.25) is 0 Å². The van der Waals surface area contributed by atoms with Gasteiger partial charge in [0.05, 0.1) is 18.1 Å². The molecule has 5 nitrogen and oxygen atoms in total. The van der Waals surface area contributed by atoms with Gasteiger partial charge in [0, 0.05) is 5.56 Å². The summed E-state index contributed by atoms with van der Waals surface area (Å²) in [5.74, 6) is 1.12. The minimum atomic E-state index is -0.0436. The van der Waals surface area contributed by atoms with Gasteiger partial charge in [0.25, 0.3) is 0 Å². The van der Waals surface area contributed by atoms with Crippen molar-refractivity contribution in [2.45, 2.75) is 20.0 Å². The molecule has 0 aliphatic carbocycles. The predicted molar refractivity (Wildman–Crippen MR) is 95.3 cm³/mol. The van der Waals surface area contributed by atoms with Crippen molar-refractivity contribution in [2.75, 3.05) is 5.75 Å². The van der Waals surface area contributed by atoms with Crippen LogP contribution in [0, 0.1) is 0 Å². The van der Waals surface area contributed by atoms with Gasteiger partial charge in [-0.05, 0) is 30.7 Å². The van der Waals surface area contributed by atoms with Crippen molar-refractivity contribution >= 4 is 39.8 Å². The number of ether oxygens (including phenoxy) is 1. The van der Waals surface area contributed by atoms with E-state index >= 15 is 0 Å². The van der Waals surface area contributed by atoms with Crippen molar-refractivity contribution in [3.8, 4) is 5.75 Å². The summed E-state index contributed by atoms with van der Waals surface area (Å²) in [6, 6.07) is 12.0. The summed E-state index contributed by atoms with van der Waals surface area (Å²) in [6.45, 7) is 3.97. The third-order valence-electron chi connectivity index (χ3n) is 3.22. The van der Waals surface area contributed by atoms with Crippen molar-refractivity contribution in [3.05, 3.63) is 42.0 Å². The lowest BCUT2D eigenvalue weighted by Gasteiger charge is -2.14. The molecule has 23 heavy (non-hydrogen) atoms. The van der Waals surface area contributed by atoms with E-state index < -0.39 is 0 Å². The molecule has 0 bridgehead atoms. The number of hydrogen-bond acceptors (Lipinski definition) is 5. The van der Waals surface area contributed by atoms with Crippen molar-refractivity contribution in [2.24, 2.45) is 10.2 Å². The van der Waals surface area contributed by atoms with E-state index in [-0.39, 0.29) is 12.0 Å². The quantitative estimate of drug-likeness (QED) is 0.693. The number of nitrogens with one attached hydrogen (secondary N) is 1. The molecule has 0 radical (unpaired) electrons. The zero-order chi connectivity index (χ0) is 16.2. The molecule has 0 unspecified atom stereocenters. The van der Waals surface area contributed by atoms with Crippen LogP contribution in [-0.2, 0) is 4.79 Å². The molecule has 1 aliphatic rings. The van der Waals surface area contributed by atoms with Gasteiger partial charge in [-0.2, -0.15) is 5.10 Å². The van der Waals surface area contributed by atoms with E-state index in [2.05, 4.69) is 15.5 Å². The number of carbonyl (C=O) groups excluding carboxylic acids is 1. The molecule has 1 heterocycles. The summed E-state index contributed by atoms with van der Waals surface area (Å²) in [4.78, 5) is 11.2. The number of hydrogen-bond donors (Lipinski definition) is 1. The van der Waals surface area contributed by atoms with Crippen molar-refractivity contribution in [1.29, 1.82) is 0 Å². The summed E-state index contributed by atoms with van der Waals surface area (Å²) in [6.07, 6.45) is 1.75. The topological polar surface area (TPSA) is 63.1 Å². The second-order valence-corrected chi connectivity index (χ2v) is 6.32.